The molecule has 0 fully saturated rings. The Morgan fingerprint density at radius 1 is 0.462 bits per heavy atom. The fraction of sp³-hybridized carbons (Fsp3) is 0.179. The van der Waals surface area contributed by atoms with Crippen molar-refractivity contribution in [1.29, 1.82) is 0 Å². The van der Waals surface area contributed by atoms with Crippen LogP contribution in [-0.4, -0.2) is 0 Å². The highest BCUT2D eigenvalue weighted by Gasteiger charge is 2.37. The third-order valence-electron chi connectivity index (χ3n) is 9.37. The minimum atomic E-state index is -0.0637. The molecule has 0 heterocycles. The van der Waals surface area contributed by atoms with E-state index >= 15 is 0 Å². The highest BCUT2D eigenvalue weighted by atomic mass is 14.4. The number of hydrogen-bond donors (Lipinski definition) is 0. The van der Waals surface area contributed by atoms with E-state index < -0.39 is 0 Å². The topological polar surface area (TPSA) is 0 Å². The van der Waals surface area contributed by atoms with Crippen molar-refractivity contribution in [3.8, 4) is 44.5 Å². The maximum atomic E-state index is 2.47. The summed E-state index contributed by atoms with van der Waals surface area (Å²) in [5.41, 5.74) is 15.1. The highest BCUT2D eigenvalue weighted by Crippen LogP contribution is 2.56. The van der Waals surface area contributed by atoms with Crippen molar-refractivity contribution in [1.82, 2.24) is 0 Å². The van der Waals surface area contributed by atoms with E-state index in [1.54, 1.807) is 0 Å². The van der Waals surface area contributed by atoms with E-state index in [2.05, 4.69) is 138 Å². The van der Waals surface area contributed by atoms with Crippen molar-refractivity contribution in [3.63, 3.8) is 0 Å². The first-order valence-corrected chi connectivity index (χ1v) is 14.1. The monoisotopic (exact) mass is 500 g/mol. The summed E-state index contributed by atoms with van der Waals surface area (Å²) >= 11 is 0. The van der Waals surface area contributed by atoms with Crippen molar-refractivity contribution in [3.05, 3.63) is 120 Å². The quantitative estimate of drug-likeness (QED) is 0.210. The van der Waals surface area contributed by atoms with Gasteiger partial charge in [0.1, 0.15) is 0 Å². The van der Waals surface area contributed by atoms with Gasteiger partial charge in [-0.15, -0.1) is 0 Å². The van der Waals surface area contributed by atoms with Gasteiger partial charge in [-0.3, -0.25) is 0 Å². The van der Waals surface area contributed by atoms with Gasteiger partial charge in [0, 0.05) is 5.41 Å². The minimum absolute atomic E-state index is 0.0637. The lowest BCUT2D eigenvalue weighted by molar-refractivity contribution is 0.582. The number of benzene rings is 6. The molecule has 0 unspecified atom stereocenters. The fourth-order valence-electron chi connectivity index (χ4n) is 7.15. The Bertz CT molecular complexity index is 2010. The standard InChI is InChI=1S/C39H32/c1-38(2,3)27-13-15-29-31-17-16-30-28-14-12-26(25-11-10-23-8-6-7-9-24(23)20-25)21-33(28)32-18-19-34(37(31)36(30)32)39(4,5)35(29)22-27/h6-22H,1-5H3. The molecule has 0 aliphatic heterocycles. The molecule has 0 radical (unpaired) electrons. The van der Waals surface area contributed by atoms with Gasteiger partial charge in [-0.25, -0.2) is 0 Å². The maximum absolute atomic E-state index is 2.47. The summed E-state index contributed by atoms with van der Waals surface area (Å²) in [6, 6.07) is 39.2. The van der Waals surface area contributed by atoms with Gasteiger partial charge < -0.3 is 0 Å². The smallest absolute Gasteiger partial charge is 0.0159 e. The van der Waals surface area contributed by atoms with Crippen LogP contribution in [0.15, 0.2) is 103 Å². The zero-order valence-corrected chi connectivity index (χ0v) is 23.3. The van der Waals surface area contributed by atoms with E-state index in [-0.39, 0.29) is 10.8 Å². The zero-order chi connectivity index (χ0) is 26.7. The maximum Gasteiger partial charge on any atom is 0.0159 e. The van der Waals surface area contributed by atoms with Crippen molar-refractivity contribution in [2.75, 3.05) is 0 Å². The molecule has 6 aromatic carbocycles. The predicted molar refractivity (Wildman–Crippen MR) is 168 cm³/mol. The molecule has 0 amide bonds. The van der Waals surface area contributed by atoms with Crippen molar-refractivity contribution < 1.29 is 0 Å². The van der Waals surface area contributed by atoms with Crippen LogP contribution in [0.25, 0.3) is 66.1 Å². The van der Waals surface area contributed by atoms with Crippen molar-refractivity contribution in [2.24, 2.45) is 0 Å². The van der Waals surface area contributed by atoms with Crippen LogP contribution in [0.5, 0.6) is 0 Å². The summed E-state index contributed by atoms with van der Waals surface area (Å²) in [4.78, 5) is 0. The number of hydrogen-bond acceptors (Lipinski definition) is 0. The second-order valence-corrected chi connectivity index (χ2v) is 13.0. The van der Waals surface area contributed by atoms with Crippen LogP contribution in [-0.2, 0) is 10.8 Å². The first-order valence-electron chi connectivity index (χ1n) is 14.1. The number of fused-ring (bicyclic) bond motifs is 6. The third kappa shape index (κ3) is 3.06. The van der Waals surface area contributed by atoms with Crippen LogP contribution in [0.4, 0.5) is 0 Å². The molecule has 0 spiro atoms. The normalized spacial score (nSPS) is 14.5. The molecular weight excluding hydrogens is 468 g/mol. The molecule has 0 heteroatoms. The molecule has 0 aromatic heterocycles. The summed E-state index contributed by atoms with van der Waals surface area (Å²) in [5.74, 6) is 0. The Labute approximate surface area is 231 Å². The predicted octanol–water partition coefficient (Wildman–Crippen LogP) is 10.9. The molecule has 39 heavy (non-hydrogen) atoms. The van der Waals surface area contributed by atoms with Gasteiger partial charge >= 0.3 is 0 Å². The lowest BCUT2D eigenvalue weighted by atomic mass is 9.67. The average molecular weight is 501 g/mol. The van der Waals surface area contributed by atoms with Crippen LogP contribution in [0.1, 0.15) is 51.3 Å². The first-order chi connectivity index (χ1) is 18.7. The Kier molecular flexibility index (Phi) is 4.37. The highest BCUT2D eigenvalue weighted by molar-refractivity contribution is 6.21. The van der Waals surface area contributed by atoms with E-state index in [1.807, 2.05) is 0 Å². The third-order valence-corrected chi connectivity index (χ3v) is 9.37. The Morgan fingerprint density at radius 2 is 1.08 bits per heavy atom. The molecule has 0 nitrogen and oxygen atoms in total. The summed E-state index contributed by atoms with van der Waals surface area (Å²) in [7, 11) is 0. The summed E-state index contributed by atoms with van der Waals surface area (Å²) in [5, 5.41) is 5.43. The summed E-state index contributed by atoms with van der Waals surface area (Å²) in [6.07, 6.45) is 0. The lowest BCUT2D eigenvalue weighted by Gasteiger charge is -2.36. The molecular formula is C39H32. The second kappa shape index (κ2) is 7.48. The second-order valence-electron chi connectivity index (χ2n) is 13.0. The minimum Gasteiger partial charge on any atom is -0.0616 e. The first kappa shape index (κ1) is 22.8. The zero-order valence-electron chi connectivity index (χ0n) is 23.3. The van der Waals surface area contributed by atoms with E-state index in [4.69, 9.17) is 0 Å². The van der Waals surface area contributed by atoms with Crippen LogP contribution in [0.3, 0.4) is 0 Å². The Balaban J connectivity index is 1.35. The van der Waals surface area contributed by atoms with Gasteiger partial charge in [0.05, 0.1) is 0 Å². The average Bonchev–Trinajstić information content (AvgIpc) is 3.26. The molecule has 6 aromatic rings. The molecule has 0 saturated carbocycles. The van der Waals surface area contributed by atoms with E-state index in [1.165, 1.54) is 82.7 Å². The van der Waals surface area contributed by atoms with Gasteiger partial charge in [0.15, 0.2) is 0 Å². The number of rotatable bonds is 1. The van der Waals surface area contributed by atoms with Crippen LogP contribution in [0.2, 0.25) is 0 Å². The van der Waals surface area contributed by atoms with Crippen LogP contribution in [0, 0.1) is 0 Å². The summed E-state index contributed by atoms with van der Waals surface area (Å²) < 4.78 is 0. The molecule has 0 bridgehead atoms. The van der Waals surface area contributed by atoms with E-state index in [9.17, 15) is 0 Å². The van der Waals surface area contributed by atoms with Crippen molar-refractivity contribution >= 4 is 21.5 Å². The molecule has 188 valence electrons. The van der Waals surface area contributed by atoms with Crippen molar-refractivity contribution in [2.45, 2.75) is 45.4 Å². The molecule has 2 aliphatic carbocycles. The molecule has 0 saturated heterocycles. The SMILES string of the molecule is CC(C)(C)c1ccc2c(c1)C(C)(C)c1ccc3c4c(ccc-2c14)-c1ccc(-c2ccc4ccccc4c2)cc1-3. The van der Waals surface area contributed by atoms with Gasteiger partial charge in [0.25, 0.3) is 0 Å². The molecule has 2 aliphatic rings. The lowest BCUT2D eigenvalue weighted by Crippen LogP contribution is -2.25. The van der Waals surface area contributed by atoms with E-state index in [0.29, 0.717) is 0 Å². The van der Waals surface area contributed by atoms with E-state index in [0.717, 1.165) is 0 Å². The van der Waals surface area contributed by atoms with Gasteiger partial charge in [-0.2, -0.15) is 0 Å². The van der Waals surface area contributed by atoms with Gasteiger partial charge in [-0.1, -0.05) is 126 Å². The largest absolute Gasteiger partial charge is 0.0616 e. The van der Waals surface area contributed by atoms with Crippen LogP contribution >= 0.6 is 0 Å². The molecule has 0 atom stereocenters. The Hall–Kier alpha value is -4.16. The molecule has 8 rings (SSSR count). The summed E-state index contributed by atoms with van der Waals surface area (Å²) in [6.45, 7) is 11.7. The van der Waals surface area contributed by atoms with Crippen LogP contribution < -0.4 is 0 Å². The van der Waals surface area contributed by atoms with Gasteiger partial charge in [0.2, 0.25) is 0 Å². The van der Waals surface area contributed by atoms with Gasteiger partial charge in [-0.05, 0) is 100 Å². The molecule has 0 N–H and O–H groups in total. The Morgan fingerprint density at radius 3 is 1.87 bits per heavy atom. The fourth-order valence-corrected chi connectivity index (χ4v) is 7.15.